The van der Waals surface area contributed by atoms with Gasteiger partial charge in [-0.15, -0.1) is 5.10 Å². The fourth-order valence-corrected chi connectivity index (χ4v) is 3.89. The molecule has 1 fully saturated rings. The third-order valence-corrected chi connectivity index (χ3v) is 5.66. The summed E-state index contributed by atoms with van der Waals surface area (Å²) >= 11 is 0. The number of ketones is 1. The van der Waals surface area contributed by atoms with Gasteiger partial charge in [0.05, 0.1) is 50.2 Å². The van der Waals surface area contributed by atoms with Crippen LogP contribution in [0.15, 0.2) is 52.8 Å². The van der Waals surface area contributed by atoms with E-state index in [-0.39, 0.29) is 5.78 Å². The van der Waals surface area contributed by atoms with E-state index in [0.717, 1.165) is 34.6 Å². The van der Waals surface area contributed by atoms with Crippen molar-refractivity contribution in [1.29, 1.82) is 0 Å². The van der Waals surface area contributed by atoms with Gasteiger partial charge >= 0.3 is 0 Å². The molecule has 3 heterocycles. The highest BCUT2D eigenvalue weighted by atomic mass is 16.1. The topological polar surface area (TPSA) is 84.8 Å². The number of fused-ring (bicyclic) bond motifs is 1. The fraction of sp³-hybridized carbons (Fsp3) is 0.381. The standard InChI is InChI=1S/C21H26N6O/c1-15-13-17(16(22)14-19(15)28)24-20-18-7-3-4-9-26(18)25-21(20)23-8-12-27(2)10-5-6-11-27/h3-4,7,9,13-14H,5-6,8,10-12H2,1-2H3,(H2-,22,23,25,28)/p+1/b24-17+. The average Bonchev–Trinajstić information content (AvgIpc) is 3.24. The molecule has 0 atom stereocenters. The Balaban J connectivity index is 1.65. The molecule has 1 aliphatic carbocycles. The molecule has 0 aromatic carbocycles. The smallest absolute Gasteiger partial charge is 0.183 e. The van der Waals surface area contributed by atoms with Crippen LogP contribution in [0.1, 0.15) is 19.8 Å². The number of hydrogen-bond acceptors (Lipinski definition) is 5. The summed E-state index contributed by atoms with van der Waals surface area (Å²) in [5.41, 5.74) is 9.31. The molecule has 2 aromatic heterocycles. The molecule has 28 heavy (non-hydrogen) atoms. The monoisotopic (exact) mass is 379 g/mol. The lowest BCUT2D eigenvalue weighted by molar-refractivity contribution is -0.895. The maximum atomic E-state index is 11.8. The SMILES string of the molecule is CC1=C/C(=N\c2c(NCC[N+]3(C)CCCC3)nn3ccccc23)C(N)=CC1=O. The van der Waals surface area contributed by atoms with Crippen LogP contribution in [0.25, 0.3) is 5.52 Å². The van der Waals surface area contributed by atoms with Crippen LogP contribution >= 0.6 is 0 Å². The lowest BCUT2D eigenvalue weighted by atomic mass is 10.0. The van der Waals surface area contributed by atoms with Crippen LogP contribution in [-0.4, -0.2) is 58.8 Å². The molecule has 0 spiro atoms. The maximum Gasteiger partial charge on any atom is 0.183 e. The number of rotatable bonds is 5. The number of aromatic nitrogens is 2. The zero-order valence-electron chi connectivity index (χ0n) is 16.5. The van der Waals surface area contributed by atoms with Gasteiger partial charge in [0, 0.05) is 25.1 Å². The summed E-state index contributed by atoms with van der Waals surface area (Å²) in [6.07, 6.45) is 7.69. The lowest BCUT2D eigenvalue weighted by Crippen LogP contribution is -2.44. The van der Waals surface area contributed by atoms with E-state index >= 15 is 0 Å². The van der Waals surface area contributed by atoms with Gasteiger partial charge in [0.15, 0.2) is 11.6 Å². The van der Waals surface area contributed by atoms with Crippen LogP contribution in [0.2, 0.25) is 0 Å². The van der Waals surface area contributed by atoms with Crippen LogP contribution in [0, 0.1) is 0 Å². The number of likely N-dealkylation sites (tertiary alicyclic amines) is 1. The first kappa shape index (κ1) is 18.4. The summed E-state index contributed by atoms with van der Waals surface area (Å²) in [4.78, 5) is 16.6. The Labute approximate surface area is 164 Å². The molecular formula is C21H27N6O+. The molecular weight excluding hydrogens is 352 g/mol. The zero-order valence-corrected chi connectivity index (χ0v) is 16.5. The van der Waals surface area contributed by atoms with Gasteiger partial charge in [0.25, 0.3) is 0 Å². The summed E-state index contributed by atoms with van der Waals surface area (Å²) < 4.78 is 2.92. The molecule has 1 saturated heterocycles. The summed E-state index contributed by atoms with van der Waals surface area (Å²) in [5, 5.41) is 8.14. The molecule has 7 heteroatoms. The van der Waals surface area contributed by atoms with Gasteiger partial charge in [-0.2, -0.15) is 0 Å². The second-order valence-corrected chi connectivity index (χ2v) is 7.94. The van der Waals surface area contributed by atoms with Crippen LogP contribution < -0.4 is 11.1 Å². The molecule has 2 aliphatic rings. The summed E-state index contributed by atoms with van der Waals surface area (Å²) in [5.74, 6) is 0.664. The quantitative estimate of drug-likeness (QED) is 0.617. The van der Waals surface area contributed by atoms with Gasteiger partial charge in [-0.25, -0.2) is 9.51 Å². The van der Waals surface area contributed by atoms with Crippen molar-refractivity contribution in [1.82, 2.24) is 9.61 Å². The molecule has 0 unspecified atom stereocenters. The van der Waals surface area contributed by atoms with Gasteiger partial charge in [-0.1, -0.05) is 6.07 Å². The molecule has 3 N–H and O–H groups in total. The minimum atomic E-state index is -0.0720. The molecule has 146 valence electrons. The highest BCUT2D eigenvalue weighted by Crippen LogP contribution is 2.31. The highest BCUT2D eigenvalue weighted by molar-refractivity contribution is 6.22. The van der Waals surface area contributed by atoms with Crippen LogP contribution in [0.3, 0.4) is 0 Å². The number of aliphatic imine (C=N–C) groups is 1. The summed E-state index contributed by atoms with van der Waals surface area (Å²) in [7, 11) is 2.32. The predicted octanol–water partition coefficient (Wildman–Crippen LogP) is 2.43. The van der Waals surface area contributed by atoms with Gasteiger partial charge in [-0.05, 0) is 30.7 Å². The normalized spacial score (nSPS) is 20.5. The van der Waals surface area contributed by atoms with Crippen LogP contribution in [0.5, 0.6) is 0 Å². The molecule has 0 saturated carbocycles. The number of likely N-dealkylation sites (N-methyl/N-ethyl adjacent to an activating group) is 1. The zero-order chi connectivity index (χ0) is 19.7. The molecule has 0 radical (unpaired) electrons. The fourth-order valence-electron chi connectivity index (χ4n) is 3.89. The van der Waals surface area contributed by atoms with E-state index in [1.807, 2.05) is 28.9 Å². The van der Waals surface area contributed by atoms with Gasteiger partial charge in [0.1, 0.15) is 5.69 Å². The third kappa shape index (κ3) is 3.57. The number of hydrogen-bond donors (Lipinski definition) is 2. The predicted molar refractivity (Wildman–Crippen MR) is 112 cm³/mol. The molecule has 0 amide bonds. The van der Waals surface area contributed by atoms with Crippen molar-refractivity contribution in [2.75, 3.05) is 38.5 Å². The Morgan fingerprint density at radius 2 is 2.07 bits per heavy atom. The second kappa shape index (κ2) is 7.24. The van der Waals surface area contributed by atoms with Crippen molar-refractivity contribution >= 4 is 28.5 Å². The van der Waals surface area contributed by atoms with Crippen LogP contribution in [-0.2, 0) is 4.79 Å². The Hall–Kier alpha value is -2.93. The lowest BCUT2D eigenvalue weighted by Gasteiger charge is -2.29. The van der Waals surface area contributed by atoms with Gasteiger partial charge in [0.2, 0.25) is 0 Å². The Bertz CT molecular complexity index is 1010. The van der Waals surface area contributed by atoms with E-state index in [4.69, 9.17) is 10.7 Å². The van der Waals surface area contributed by atoms with Gasteiger partial charge < -0.3 is 15.5 Å². The minimum absolute atomic E-state index is 0.0720. The average molecular weight is 379 g/mol. The van der Waals surface area contributed by atoms with E-state index in [1.165, 1.54) is 32.0 Å². The van der Waals surface area contributed by atoms with Gasteiger partial charge in [-0.3, -0.25) is 4.79 Å². The molecule has 4 rings (SSSR count). The van der Waals surface area contributed by atoms with E-state index in [9.17, 15) is 4.79 Å². The van der Waals surface area contributed by atoms with Crippen LogP contribution in [0.4, 0.5) is 11.5 Å². The molecule has 1 aliphatic heterocycles. The van der Waals surface area contributed by atoms with E-state index in [2.05, 4.69) is 17.5 Å². The number of quaternary nitrogens is 1. The molecule has 7 nitrogen and oxygen atoms in total. The largest absolute Gasteiger partial charge is 0.397 e. The minimum Gasteiger partial charge on any atom is -0.397 e. The molecule has 0 bridgehead atoms. The second-order valence-electron chi connectivity index (χ2n) is 7.94. The van der Waals surface area contributed by atoms with Crippen molar-refractivity contribution in [3.8, 4) is 0 Å². The number of nitrogens with two attached hydrogens (primary N) is 1. The number of allylic oxidation sites excluding steroid dienone is 3. The molecule has 2 aromatic rings. The maximum absolute atomic E-state index is 11.8. The number of carbonyl (C=O) groups is 1. The Kier molecular flexibility index (Phi) is 4.77. The third-order valence-electron chi connectivity index (χ3n) is 5.66. The number of nitrogens with zero attached hydrogens (tertiary/aromatic N) is 4. The van der Waals surface area contributed by atoms with Crippen molar-refractivity contribution in [2.45, 2.75) is 19.8 Å². The van der Waals surface area contributed by atoms with Crippen molar-refractivity contribution in [3.05, 3.63) is 47.8 Å². The van der Waals surface area contributed by atoms with Crippen molar-refractivity contribution in [3.63, 3.8) is 0 Å². The van der Waals surface area contributed by atoms with Crippen molar-refractivity contribution in [2.24, 2.45) is 10.7 Å². The number of pyridine rings is 1. The first-order valence-electron chi connectivity index (χ1n) is 9.79. The first-order valence-corrected chi connectivity index (χ1v) is 9.79. The highest BCUT2D eigenvalue weighted by Gasteiger charge is 2.26. The summed E-state index contributed by atoms with van der Waals surface area (Å²) in [6.45, 7) is 6.13. The number of anilines is 1. The Morgan fingerprint density at radius 1 is 1.29 bits per heavy atom. The summed E-state index contributed by atoms with van der Waals surface area (Å²) in [6, 6.07) is 5.89. The first-order chi connectivity index (χ1) is 13.5. The number of carbonyl (C=O) groups excluding carboxylic acids is 1. The van der Waals surface area contributed by atoms with E-state index < -0.39 is 0 Å². The van der Waals surface area contributed by atoms with E-state index in [1.54, 1.807) is 13.0 Å². The van der Waals surface area contributed by atoms with Crippen molar-refractivity contribution < 1.29 is 9.28 Å². The number of nitrogens with one attached hydrogen (secondary N) is 1. The Morgan fingerprint density at radius 3 is 2.86 bits per heavy atom. The van der Waals surface area contributed by atoms with E-state index in [0.29, 0.717) is 17.0 Å².